The van der Waals surface area contributed by atoms with Crippen LogP contribution in [0.25, 0.3) is 38.1 Å². The van der Waals surface area contributed by atoms with Crippen LogP contribution >= 0.6 is 0 Å². The summed E-state index contributed by atoms with van der Waals surface area (Å²) < 4.78 is 1.73. The standard InChI is InChI=1S/C27H19N3O2/c31-26(28-15-14-17-8-2-1-3-9-17)22-16-21-18-10-6-7-13-23(18)30-25(21)24(29-22)19-11-4-5-12-20(19)27(30)32/h1-13,16H,14-15H2,(H,28,31). The van der Waals surface area contributed by atoms with Crippen LogP contribution in [-0.2, 0) is 6.42 Å². The van der Waals surface area contributed by atoms with Crippen molar-refractivity contribution in [3.05, 3.63) is 107 Å². The van der Waals surface area contributed by atoms with Crippen molar-refractivity contribution in [3.63, 3.8) is 0 Å². The van der Waals surface area contributed by atoms with Crippen molar-refractivity contribution in [1.29, 1.82) is 0 Å². The SMILES string of the molecule is O=C(NCCc1ccccc1)c1cc2c3ccccc3n3c(=O)c4ccccc4c(n1)c23. The van der Waals surface area contributed by atoms with E-state index in [1.807, 2.05) is 78.9 Å². The Hall–Kier alpha value is -4.25. The van der Waals surface area contributed by atoms with Crippen molar-refractivity contribution in [2.75, 3.05) is 6.54 Å². The topological polar surface area (TPSA) is 63.5 Å². The number of nitrogens with one attached hydrogen (secondary N) is 1. The summed E-state index contributed by atoms with van der Waals surface area (Å²) in [5.74, 6) is -0.217. The lowest BCUT2D eigenvalue weighted by molar-refractivity contribution is 0.0949. The molecule has 32 heavy (non-hydrogen) atoms. The average Bonchev–Trinajstić information content (AvgIpc) is 3.18. The molecule has 0 spiro atoms. The molecule has 0 aliphatic rings. The maximum absolute atomic E-state index is 13.3. The van der Waals surface area contributed by atoms with E-state index in [-0.39, 0.29) is 11.5 Å². The van der Waals surface area contributed by atoms with E-state index in [1.165, 1.54) is 5.56 Å². The number of amides is 1. The normalized spacial score (nSPS) is 11.6. The monoisotopic (exact) mass is 417 g/mol. The van der Waals surface area contributed by atoms with E-state index >= 15 is 0 Å². The molecule has 0 unspecified atom stereocenters. The first-order valence-electron chi connectivity index (χ1n) is 10.6. The van der Waals surface area contributed by atoms with E-state index in [4.69, 9.17) is 4.98 Å². The molecule has 0 saturated carbocycles. The average molecular weight is 417 g/mol. The highest BCUT2D eigenvalue weighted by Crippen LogP contribution is 2.33. The Balaban J connectivity index is 1.53. The number of carbonyl (C=O) groups excluding carboxylic acids is 1. The molecule has 0 aliphatic carbocycles. The van der Waals surface area contributed by atoms with Gasteiger partial charge >= 0.3 is 0 Å². The number of benzene rings is 3. The molecule has 0 fully saturated rings. The Morgan fingerprint density at radius 2 is 1.50 bits per heavy atom. The number of carbonyl (C=O) groups is 1. The van der Waals surface area contributed by atoms with Gasteiger partial charge in [-0.3, -0.25) is 14.0 Å². The summed E-state index contributed by atoms with van der Waals surface area (Å²) >= 11 is 0. The largest absolute Gasteiger partial charge is 0.350 e. The molecule has 3 aromatic carbocycles. The zero-order valence-corrected chi connectivity index (χ0v) is 17.2. The third kappa shape index (κ3) is 2.75. The molecular formula is C27H19N3O2. The van der Waals surface area contributed by atoms with Crippen molar-refractivity contribution in [2.45, 2.75) is 6.42 Å². The Morgan fingerprint density at radius 3 is 2.31 bits per heavy atom. The van der Waals surface area contributed by atoms with Crippen LogP contribution in [0.1, 0.15) is 16.1 Å². The van der Waals surface area contributed by atoms with Crippen LogP contribution in [-0.4, -0.2) is 21.8 Å². The third-order valence-electron chi connectivity index (χ3n) is 6.04. The fraction of sp³-hybridized carbons (Fsp3) is 0.0741. The smallest absolute Gasteiger partial charge is 0.269 e. The van der Waals surface area contributed by atoms with Gasteiger partial charge in [0, 0.05) is 28.1 Å². The fourth-order valence-corrected chi connectivity index (χ4v) is 4.55. The van der Waals surface area contributed by atoms with Gasteiger partial charge in [0.25, 0.3) is 11.5 Å². The summed E-state index contributed by atoms with van der Waals surface area (Å²) in [4.78, 5) is 31.1. The molecule has 5 heteroatoms. The number of pyridine rings is 2. The first kappa shape index (κ1) is 18.5. The second-order valence-corrected chi connectivity index (χ2v) is 7.95. The van der Waals surface area contributed by atoms with Crippen LogP contribution in [0.3, 0.4) is 0 Å². The van der Waals surface area contributed by atoms with Gasteiger partial charge < -0.3 is 5.32 Å². The molecule has 154 valence electrons. The van der Waals surface area contributed by atoms with Crippen LogP contribution in [0.5, 0.6) is 0 Å². The molecule has 0 aliphatic heterocycles. The Bertz CT molecular complexity index is 1690. The van der Waals surface area contributed by atoms with Gasteiger partial charge in [0.2, 0.25) is 0 Å². The predicted molar refractivity (Wildman–Crippen MR) is 128 cm³/mol. The molecule has 3 heterocycles. The Labute approximate surface area is 183 Å². The van der Waals surface area contributed by atoms with E-state index in [2.05, 4.69) is 5.32 Å². The number of aromatic nitrogens is 2. The number of para-hydroxylation sites is 1. The van der Waals surface area contributed by atoms with Crippen LogP contribution in [0.4, 0.5) is 0 Å². The van der Waals surface area contributed by atoms with Crippen molar-refractivity contribution in [3.8, 4) is 0 Å². The quantitative estimate of drug-likeness (QED) is 0.428. The van der Waals surface area contributed by atoms with Crippen molar-refractivity contribution >= 4 is 44.0 Å². The van der Waals surface area contributed by atoms with Crippen molar-refractivity contribution in [2.24, 2.45) is 0 Å². The van der Waals surface area contributed by atoms with Crippen molar-refractivity contribution < 1.29 is 4.79 Å². The van der Waals surface area contributed by atoms with Gasteiger partial charge in [-0.2, -0.15) is 0 Å². The molecule has 0 radical (unpaired) electrons. The first-order chi connectivity index (χ1) is 15.7. The molecule has 0 saturated heterocycles. The second kappa shape index (κ2) is 7.17. The molecule has 6 rings (SSSR count). The van der Waals surface area contributed by atoms with Gasteiger partial charge in [-0.05, 0) is 30.2 Å². The first-order valence-corrected chi connectivity index (χ1v) is 10.6. The molecular weight excluding hydrogens is 398 g/mol. The van der Waals surface area contributed by atoms with E-state index < -0.39 is 0 Å². The lowest BCUT2D eigenvalue weighted by atomic mass is 10.1. The highest BCUT2D eigenvalue weighted by atomic mass is 16.2. The van der Waals surface area contributed by atoms with Crippen LogP contribution in [0, 0.1) is 0 Å². The number of hydrogen-bond acceptors (Lipinski definition) is 3. The van der Waals surface area contributed by atoms with Gasteiger partial charge in [0.05, 0.1) is 16.6 Å². The molecule has 6 aromatic rings. The molecule has 1 N–H and O–H groups in total. The van der Waals surface area contributed by atoms with Gasteiger partial charge in [-0.15, -0.1) is 0 Å². The maximum Gasteiger partial charge on any atom is 0.269 e. The Kier molecular flexibility index (Phi) is 4.15. The fourth-order valence-electron chi connectivity index (χ4n) is 4.55. The summed E-state index contributed by atoms with van der Waals surface area (Å²) in [6.45, 7) is 0.523. The van der Waals surface area contributed by atoms with Crippen LogP contribution in [0.15, 0.2) is 89.7 Å². The van der Waals surface area contributed by atoms with E-state index in [0.29, 0.717) is 23.1 Å². The summed E-state index contributed by atoms with van der Waals surface area (Å²) in [5, 5.41) is 6.15. The van der Waals surface area contributed by atoms with E-state index in [0.717, 1.165) is 33.6 Å². The third-order valence-corrected chi connectivity index (χ3v) is 6.04. The minimum Gasteiger partial charge on any atom is -0.350 e. The minimum absolute atomic E-state index is 0.0684. The van der Waals surface area contributed by atoms with Crippen molar-refractivity contribution in [1.82, 2.24) is 14.7 Å². The molecule has 0 atom stereocenters. The zero-order valence-electron chi connectivity index (χ0n) is 17.2. The van der Waals surface area contributed by atoms with Gasteiger partial charge in [0.1, 0.15) is 5.69 Å². The van der Waals surface area contributed by atoms with Crippen LogP contribution < -0.4 is 10.9 Å². The summed E-state index contributed by atoms with van der Waals surface area (Å²) in [6.07, 6.45) is 0.748. The number of rotatable bonds is 4. The number of nitrogens with zero attached hydrogens (tertiary/aromatic N) is 2. The highest BCUT2D eigenvalue weighted by molar-refractivity contribution is 6.20. The van der Waals surface area contributed by atoms with Gasteiger partial charge in [0.15, 0.2) is 0 Å². The molecule has 1 amide bonds. The number of hydrogen-bond donors (Lipinski definition) is 1. The maximum atomic E-state index is 13.3. The lowest BCUT2D eigenvalue weighted by Gasteiger charge is -2.09. The lowest BCUT2D eigenvalue weighted by Crippen LogP contribution is -2.26. The van der Waals surface area contributed by atoms with Gasteiger partial charge in [-0.25, -0.2) is 4.98 Å². The highest BCUT2D eigenvalue weighted by Gasteiger charge is 2.20. The molecule has 5 nitrogen and oxygen atoms in total. The Morgan fingerprint density at radius 1 is 0.812 bits per heavy atom. The number of fused-ring (bicyclic) bond motifs is 5. The van der Waals surface area contributed by atoms with Crippen LogP contribution in [0.2, 0.25) is 0 Å². The summed E-state index contributed by atoms with van der Waals surface area (Å²) in [6, 6.07) is 27.1. The minimum atomic E-state index is -0.217. The molecule has 3 aromatic heterocycles. The second-order valence-electron chi connectivity index (χ2n) is 7.95. The summed E-state index contributed by atoms with van der Waals surface area (Å²) in [7, 11) is 0. The van der Waals surface area contributed by atoms with E-state index in [9.17, 15) is 9.59 Å². The van der Waals surface area contributed by atoms with Gasteiger partial charge in [-0.1, -0.05) is 66.7 Å². The van der Waals surface area contributed by atoms with E-state index in [1.54, 1.807) is 10.5 Å². The molecule has 0 bridgehead atoms. The zero-order chi connectivity index (χ0) is 21.7. The summed E-state index contributed by atoms with van der Waals surface area (Å²) in [5.41, 5.74) is 3.71. The predicted octanol–water partition coefficient (Wildman–Crippen LogP) is 4.56.